The van der Waals surface area contributed by atoms with Crippen molar-refractivity contribution in [3.8, 4) is 0 Å². The first-order valence-corrected chi connectivity index (χ1v) is 6.21. The van der Waals surface area contributed by atoms with Crippen molar-refractivity contribution in [1.82, 2.24) is 0 Å². The molecule has 0 aliphatic heterocycles. The van der Waals surface area contributed by atoms with Crippen LogP contribution in [-0.4, -0.2) is 0 Å². The molecule has 1 radical (unpaired) electrons. The van der Waals surface area contributed by atoms with Crippen LogP contribution in [-0.2, 0) is 21.7 Å². The van der Waals surface area contributed by atoms with Gasteiger partial charge in [0.25, 0.3) is 0 Å². The molecule has 2 aliphatic rings. The van der Waals surface area contributed by atoms with E-state index in [4.69, 9.17) is 0 Å². The van der Waals surface area contributed by atoms with Crippen molar-refractivity contribution in [3.63, 3.8) is 0 Å². The van der Waals surface area contributed by atoms with Crippen LogP contribution >= 0.6 is 0 Å². The molecule has 2 rings (SSSR count). The Morgan fingerprint density at radius 1 is 0.875 bits per heavy atom. The molecule has 0 saturated carbocycles. The van der Waals surface area contributed by atoms with E-state index in [0.29, 0.717) is 0 Å². The van der Waals surface area contributed by atoms with Crippen LogP contribution in [0.2, 0.25) is 0 Å². The average molecular weight is 251 g/mol. The van der Waals surface area contributed by atoms with Gasteiger partial charge in [0, 0.05) is 27.6 Å². The molecule has 0 spiro atoms. The first-order valence-electron chi connectivity index (χ1n) is 6.21. The van der Waals surface area contributed by atoms with Crippen molar-refractivity contribution in [1.29, 1.82) is 0 Å². The van der Waals surface area contributed by atoms with Gasteiger partial charge in [-0.3, -0.25) is 0 Å². The quantitative estimate of drug-likeness (QED) is 0.560. The molecule has 0 aromatic carbocycles. The van der Waals surface area contributed by atoms with Crippen LogP contribution < -0.4 is 0 Å². The van der Waals surface area contributed by atoms with Crippen LogP contribution in [0.3, 0.4) is 0 Å². The topological polar surface area (TPSA) is 0 Å². The third kappa shape index (κ3) is 1.89. The zero-order valence-electron chi connectivity index (χ0n) is 11.4. The minimum Gasteiger partial charge on any atom is -0.0618 e. The molecule has 0 amide bonds. The third-order valence-corrected chi connectivity index (χ3v) is 5.03. The predicted octanol–water partition coefficient (Wildman–Crippen LogP) is 4.39. The molecule has 4 atom stereocenters. The molecule has 0 saturated heterocycles. The molecule has 0 fully saturated rings. The molecule has 0 bridgehead atoms. The maximum atomic E-state index is 2.42. The monoisotopic (exact) mass is 251 g/mol. The van der Waals surface area contributed by atoms with Crippen LogP contribution in [0.5, 0.6) is 0 Å². The Balaban J connectivity index is 0.00000128. The summed E-state index contributed by atoms with van der Waals surface area (Å²) < 4.78 is 0. The van der Waals surface area contributed by atoms with Crippen LogP contribution in [0.1, 0.15) is 41.5 Å². The molecule has 16 heavy (non-hydrogen) atoms. The van der Waals surface area contributed by atoms with E-state index in [1.165, 1.54) is 5.57 Å². The SMILES string of the molecule is C[C]1C(C)=CC2=C1C(C)C(C)C(C)C2C.[Ti]. The van der Waals surface area contributed by atoms with Crippen molar-refractivity contribution in [3.05, 3.63) is 28.7 Å². The van der Waals surface area contributed by atoms with Crippen LogP contribution in [0, 0.1) is 29.6 Å². The zero-order chi connectivity index (χ0) is 11.3. The van der Waals surface area contributed by atoms with Crippen LogP contribution in [0.15, 0.2) is 22.8 Å². The second-order valence-corrected chi connectivity index (χ2v) is 5.62. The molecule has 0 heterocycles. The molecule has 87 valence electrons. The molecule has 1 heteroatoms. The Morgan fingerprint density at radius 2 is 1.38 bits per heavy atom. The minimum absolute atomic E-state index is 0. The van der Waals surface area contributed by atoms with Gasteiger partial charge in [0.05, 0.1) is 0 Å². The summed E-state index contributed by atoms with van der Waals surface area (Å²) in [6, 6.07) is 0. The van der Waals surface area contributed by atoms with E-state index in [1.54, 1.807) is 17.1 Å². The summed E-state index contributed by atoms with van der Waals surface area (Å²) in [7, 11) is 0. The summed E-state index contributed by atoms with van der Waals surface area (Å²) in [5.41, 5.74) is 4.77. The molecule has 4 unspecified atom stereocenters. The van der Waals surface area contributed by atoms with E-state index in [2.05, 4.69) is 47.6 Å². The Hall–Kier alpha value is 0.194. The number of rotatable bonds is 0. The van der Waals surface area contributed by atoms with Gasteiger partial charge < -0.3 is 0 Å². The van der Waals surface area contributed by atoms with Crippen molar-refractivity contribution < 1.29 is 21.7 Å². The molecule has 0 aromatic rings. The van der Waals surface area contributed by atoms with E-state index >= 15 is 0 Å². The van der Waals surface area contributed by atoms with Gasteiger partial charge in [0.2, 0.25) is 0 Å². The van der Waals surface area contributed by atoms with Crippen LogP contribution in [0.4, 0.5) is 0 Å². The fourth-order valence-electron chi connectivity index (χ4n) is 3.29. The Kier molecular flexibility index (Phi) is 4.30. The second kappa shape index (κ2) is 4.82. The number of hydrogen-bond donors (Lipinski definition) is 0. The molecular formula is C15H23Ti. The first kappa shape index (κ1) is 14.3. The normalized spacial score (nSPS) is 39.2. The maximum absolute atomic E-state index is 2.42. The summed E-state index contributed by atoms with van der Waals surface area (Å²) >= 11 is 0. The van der Waals surface area contributed by atoms with E-state index in [9.17, 15) is 0 Å². The fourth-order valence-corrected chi connectivity index (χ4v) is 3.29. The fraction of sp³-hybridized carbons (Fsp3) is 0.667. The molecule has 0 aromatic heterocycles. The molecule has 0 nitrogen and oxygen atoms in total. The molecule has 0 N–H and O–H groups in total. The van der Waals surface area contributed by atoms with Gasteiger partial charge in [-0.1, -0.05) is 51.8 Å². The van der Waals surface area contributed by atoms with E-state index in [0.717, 1.165) is 23.7 Å². The minimum atomic E-state index is 0. The van der Waals surface area contributed by atoms with Crippen molar-refractivity contribution in [2.75, 3.05) is 0 Å². The average Bonchev–Trinajstić information content (AvgIpc) is 2.50. The van der Waals surface area contributed by atoms with E-state index < -0.39 is 0 Å². The van der Waals surface area contributed by atoms with Gasteiger partial charge in [-0.25, -0.2) is 0 Å². The van der Waals surface area contributed by atoms with Crippen molar-refractivity contribution in [2.24, 2.45) is 23.7 Å². The number of allylic oxidation sites excluding steroid dienone is 4. The smallest absolute Gasteiger partial charge is 0.0230 e. The third-order valence-electron chi connectivity index (χ3n) is 5.03. The van der Waals surface area contributed by atoms with Gasteiger partial charge in [-0.2, -0.15) is 0 Å². The van der Waals surface area contributed by atoms with Crippen molar-refractivity contribution in [2.45, 2.75) is 41.5 Å². The first-order chi connectivity index (χ1) is 6.95. The predicted molar refractivity (Wildman–Crippen MR) is 66.4 cm³/mol. The van der Waals surface area contributed by atoms with E-state index in [-0.39, 0.29) is 21.7 Å². The maximum Gasteiger partial charge on any atom is 0.0230 e. The summed E-state index contributed by atoms with van der Waals surface area (Å²) in [6.45, 7) is 14.2. The summed E-state index contributed by atoms with van der Waals surface area (Å²) in [5.74, 6) is 4.64. The second-order valence-electron chi connectivity index (χ2n) is 5.62. The summed E-state index contributed by atoms with van der Waals surface area (Å²) in [6.07, 6.45) is 2.42. The standard InChI is InChI=1S/C15H23.Ti/c1-8-7-14-12(5)10(3)11(4)13(6)15(14)9(8)2;/h7,10-13H,1-6H3;. The van der Waals surface area contributed by atoms with E-state index in [1.807, 2.05) is 0 Å². The molecular weight excluding hydrogens is 228 g/mol. The van der Waals surface area contributed by atoms with Crippen LogP contribution in [0.25, 0.3) is 0 Å². The summed E-state index contributed by atoms with van der Waals surface area (Å²) in [4.78, 5) is 0. The largest absolute Gasteiger partial charge is 0.0618 e. The summed E-state index contributed by atoms with van der Waals surface area (Å²) in [5, 5.41) is 0. The zero-order valence-corrected chi connectivity index (χ0v) is 12.9. The van der Waals surface area contributed by atoms with Gasteiger partial charge in [0.1, 0.15) is 0 Å². The number of hydrogen-bond acceptors (Lipinski definition) is 0. The Bertz CT molecular complexity index is 337. The van der Waals surface area contributed by atoms with Gasteiger partial charge in [-0.15, -0.1) is 0 Å². The van der Waals surface area contributed by atoms with Gasteiger partial charge in [-0.05, 0) is 36.2 Å². The Morgan fingerprint density at radius 3 is 1.94 bits per heavy atom. The van der Waals surface area contributed by atoms with Gasteiger partial charge >= 0.3 is 0 Å². The molecule has 2 aliphatic carbocycles. The van der Waals surface area contributed by atoms with Gasteiger partial charge in [0.15, 0.2) is 0 Å². The Labute approximate surface area is 115 Å². The van der Waals surface area contributed by atoms with Crippen molar-refractivity contribution >= 4 is 0 Å².